The van der Waals surface area contributed by atoms with E-state index in [1.807, 2.05) is 6.07 Å². The van der Waals surface area contributed by atoms with Gasteiger partial charge in [-0.25, -0.2) is 0 Å². The summed E-state index contributed by atoms with van der Waals surface area (Å²) in [7, 11) is 0. The molecule has 3 aromatic rings. The molecular formula is C21H22N3O-. The molecule has 0 aromatic heterocycles. The minimum atomic E-state index is 0.666. The number of anilines is 3. The van der Waals surface area contributed by atoms with Crippen molar-refractivity contribution in [3.05, 3.63) is 71.4 Å². The fraction of sp³-hybridized carbons (Fsp3) is 0.238. The zero-order chi connectivity index (χ0) is 17.1. The normalized spacial score (nSPS) is 14.0. The van der Waals surface area contributed by atoms with E-state index in [9.17, 15) is 5.21 Å². The molecule has 1 fully saturated rings. The van der Waals surface area contributed by atoms with Crippen molar-refractivity contribution in [3.8, 4) is 0 Å². The number of nitrogens with one attached hydrogen (secondary N) is 2. The first-order valence-electron chi connectivity index (χ1n) is 8.82. The van der Waals surface area contributed by atoms with Crippen LogP contribution in [0.4, 0.5) is 17.1 Å². The summed E-state index contributed by atoms with van der Waals surface area (Å²) in [6, 6.07) is 20.8. The van der Waals surface area contributed by atoms with Crippen LogP contribution in [0, 0.1) is 5.21 Å². The number of hydrogen-bond acceptors (Lipinski definition) is 4. The van der Waals surface area contributed by atoms with E-state index in [4.69, 9.17) is 0 Å². The lowest BCUT2D eigenvalue weighted by atomic mass is 10.1. The highest BCUT2D eigenvalue weighted by molar-refractivity contribution is 5.85. The third kappa shape index (κ3) is 3.39. The molecule has 1 saturated heterocycles. The van der Waals surface area contributed by atoms with E-state index in [1.54, 1.807) is 0 Å². The van der Waals surface area contributed by atoms with Crippen LogP contribution in [0.1, 0.15) is 18.4 Å². The number of fused-ring (bicyclic) bond motifs is 1. The first kappa shape index (κ1) is 15.8. The minimum Gasteiger partial charge on any atom is -0.761 e. The molecule has 0 bridgehead atoms. The fourth-order valence-corrected chi connectivity index (χ4v) is 3.51. The summed E-state index contributed by atoms with van der Waals surface area (Å²) in [6.45, 7) is 2.75. The molecule has 4 rings (SSSR count). The second kappa shape index (κ2) is 7.03. The van der Waals surface area contributed by atoms with Crippen LogP contribution < -0.4 is 15.7 Å². The molecule has 3 aromatic carbocycles. The van der Waals surface area contributed by atoms with Crippen molar-refractivity contribution in [2.45, 2.75) is 19.4 Å². The van der Waals surface area contributed by atoms with Crippen LogP contribution in [0.15, 0.2) is 60.7 Å². The molecule has 2 N–H and O–H groups in total. The van der Waals surface area contributed by atoms with E-state index >= 15 is 0 Å². The predicted octanol–water partition coefficient (Wildman–Crippen LogP) is 4.96. The zero-order valence-electron chi connectivity index (χ0n) is 14.2. The van der Waals surface area contributed by atoms with Gasteiger partial charge >= 0.3 is 0 Å². The molecule has 4 heteroatoms. The Morgan fingerprint density at radius 3 is 2.48 bits per heavy atom. The molecule has 1 aliphatic heterocycles. The Hall–Kier alpha value is -2.72. The quantitative estimate of drug-likeness (QED) is 0.648. The summed E-state index contributed by atoms with van der Waals surface area (Å²) in [5, 5.41) is 17.3. The van der Waals surface area contributed by atoms with Crippen molar-refractivity contribution >= 4 is 27.8 Å². The SMILES string of the molecule is [O-]Nc1cc(CNc2ccc3ccccc3c2)ccc1N1CCCC1. The monoisotopic (exact) mass is 332 g/mol. The number of nitrogens with zero attached hydrogens (tertiary/aromatic N) is 1. The Morgan fingerprint density at radius 2 is 1.68 bits per heavy atom. The summed E-state index contributed by atoms with van der Waals surface area (Å²) in [5.41, 5.74) is 5.97. The Bertz CT molecular complexity index is 872. The number of hydrogen-bond donors (Lipinski definition) is 2. The van der Waals surface area contributed by atoms with Crippen molar-refractivity contribution in [2.24, 2.45) is 0 Å². The molecule has 0 unspecified atom stereocenters. The van der Waals surface area contributed by atoms with Gasteiger partial charge in [-0.1, -0.05) is 36.4 Å². The molecule has 1 aliphatic rings. The molecule has 0 atom stereocenters. The third-order valence-electron chi connectivity index (χ3n) is 4.86. The van der Waals surface area contributed by atoms with Crippen LogP contribution in [-0.4, -0.2) is 13.1 Å². The molecule has 4 nitrogen and oxygen atoms in total. The largest absolute Gasteiger partial charge is 0.761 e. The Kier molecular flexibility index (Phi) is 4.44. The molecule has 25 heavy (non-hydrogen) atoms. The maximum atomic E-state index is 11.4. The molecule has 0 amide bonds. The van der Waals surface area contributed by atoms with E-state index in [1.165, 1.54) is 23.6 Å². The van der Waals surface area contributed by atoms with E-state index in [-0.39, 0.29) is 0 Å². The van der Waals surface area contributed by atoms with E-state index in [0.717, 1.165) is 30.0 Å². The van der Waals surface area contributed by atoms with Gasteiger partial charge in [0, 0.05) is 31.0 Å². The van der Waals surface area contributed by atoms with Gasteiger partial charge in [0.05, 0.1) is 5.69 Å². The van der Waals surface area contributed by atoms with Gasteiger partial charge in [-0.15, -0.1) is 0 Å². The van der Waals surface area contributed by atoms with Gasteiger partial charge in [0.15, 0.2) is 0 Å². The van der Waals surface area contributed by atoms with Crippen molar-refractivity contribution in [3.63, 3.8) is 0 Å². The summed E-state index contributed by atoms with van der Waals surface area (Å²) in [6.07, 6.45) is 2.40. The second-order valence-electron chi connectivity index (χ2n) is 6.56. The van der Waals surface area contributed by atoms with E-state index in [2.05, 4.69) is 70.3 Å². The summed E-state index contributed by atoms with van der Waals surface area (Å²) in [4.78, 5) is 2.28. The van der Waals surface area contributed by atoms with Crippen LogP contribution in [0.3, 0.4) is 0 Å². The van der Waals surface area contributed by atoms with Crippen LogP contribution in [0.5, 0.6) is 0 Å². The maximum absolute atomic E-state index is 11.4. The Balaban J connectivity index is 1.49. The van der Waals surface area contributed by atoms with Crippen LogP contribution in [0.25, 0.3) is 10.8 Å². The molecular weight excluding hydrogens is 310 g/mol. The molecule has 1 heterocycles. The summed E-state index contributed by atoms with van der Waals surface area (Å²) >= 11 is 0. The molecule has 128 valence electrons. The standard InChI is InChI=1S/C21H22N3O/c25-23-20-13-16(7-10-21(20)24-11-3-4-12-24)15-22-19-9-8-17-5-1-2-6-18(17)14-19/h1-2,5-10,13-14,22-23H,3-4,11-12,15H2/q-1. The smallest absolute Gasteiger partial charge is 0.0594 e. The van der Waals surface area contributed by atoms with E-state index < -0.39 is 0 Å². The third-order valence-corrected chi connectivity index (χ3v) is 4.86. The van der Waals surface area contributed by atoms with Gasteiger partial charge in [-0.3, -0.25) is 0 Å². The zero-order valence-corrected chi connectivity index (χ0v) is 14.2. The van der Waals surface area contributed by atoms with Gasteiger partial charge in [0.25, 0.3) is 0 Å². The maximum Gasteiger partial charge on any atom is 0.0594 e. The van der Waals surface area contributed by atoms with Gasteiger partial charge < -0.3 is 20.9 Å². The van der Waals surface area contributed by atoms with Gasteiger partial charge in [-0.05, 0) is 53.4 Å². The van der Waals surface area contributed by atoms with Gasteiger partial charge in [0.1, 0.15) is 0 Å². The Labute approximate surface area is 148 Å². The van der Waals surface area contributed by atoms with Crippen LogP contribution in [0.2, 0.25) is 0 Å². The first-order chi connectivity index (χ1) is 12.3. The topological polar surface area (TPSA) is 50.4 Å². The van der Waals surface area contributed by atoms with Crippen molar-refractivity contribution < 1.29 is 0 Å². The highest BCUT2D eigenvalue weighted by Crippen LogP contribution is 2.30. The fourth-order valence-electron chi connectivity index (χ4n) is 3.51. The highest BCUT2D eigenvalue weighted by Gasteiger charge is 2.15. The number of rotatable bonds is 5. The van der Waals surface area contributed by atoms with Crippen molar-refractivity contribution in [1.82, 2.24) is 0 Å². The van der Waals surface area contributed by atoms with Crippen LogP contribution in [-0.2, 0) is 6.54 Å². The molecule has 0 aliphatic carbocycles. The molecule has 0 spiro atoms. The summed E-state index contributed by atoms with van der Waals surface area (Å²) in [5.74, 6) is 0. The van der Waals surface area contributed by atoms with Gasteiger partial charge in [-0.2, -0.15) is 0 Å². The lowest BCUT2D eigenvalue weighted by Crippen LogP contribution is -2.19. The highest BCUT2D eigenvalue weighted by atomic mass is 16.5. The first-order valence-corrected chi connectivity index (χ1v) is 8.82. The predicted molar refractivity (Wildman–Crippen MR) is 106 cm³/mol. The van der Waals surface area contributed by atoms with Crippen LogP contribution >= 0.6 is 0 Å². The average molecular weight is 332 g/mol. The van der Waals surface area contributed by atoms with Crippen molar-refractivity contribution in [2.75, 3.05) is 28.8 Å². The second-order valence-corrected chi connectivity index (χ2v) is 6.56. The van der Waals surface area contributed by atoms with E-state index in [0.29, 0.717) is 12.2 Å². The lowest BCUT2D eigenvalue weighted by molar-refractivity contribution is 0.949. The Morgan fingerprint density at radius 1 is 0.880 bits per heavy atom. The molecule has 0 radical (unpaired) electrons. The number of benzene rings is 3. The summed E-state index contributed by atoms with van der Waals surface area (Å²) < 4.78 is 0. The average Bonchev–Trinajstić information content (AvgIpc) is 3.20. The lowest BCUT2D eigenvalue weighted by Gasteiger charge is -2.24. The molecule has 0 saturated carbocycles. The van der Waals surface area contributed by atoms with Crippen molar-refractivity contribution in [1.29, 1.82) is 0 Å². The van der Waals surface area contributed by atoms with Gasteiger partial charge in [0.2, 0.25) is 0 Å². The minimum absolute atomic E-state index is 0.666.